The molecule has 1 aromatic carbocycles. The number of rotatable bonds is 4. The zero-order valence-corrected chi connectivity index (χ0v) is 11.8. The van der Waals surface area contributed by atoms with Crippen LogP contribution in [0, 0.1) is 0 Å². The van der Waals surface area contributed by atoms with Crippen molar-refractivity contribution in [2.45, 2.75) is 0 Å². The Morgan fingerprint density at radius 3 is 2.75 bits per heavy atom. The second-order valence-electron chi connectivity index (χ2n) is 4.29. The van der Waals surface area contributed by atoms with E-state index < -0.39 is 5.97 Å². The van der Waals surface area contributed by atoms with Crippen LogP contribution in [0.5, 0.6) is 0 Å². The van der Waals surface area contributed by atoms with Crippen molar-refractivity contribution < 1.29 is 14.3 Å². The minimum atomic E-state index is -1.07. The maximum Gasteiger partial charge on any atom is 0.337 e. The van der Waals surface area contributed by atoms with Gasteiger partial charge in [-0.05, 0) is 30.3 Å². The van der Waals surface area contributed by atoms with Crippen molar-refractivity contribution in [2.75, 3.05) is 14.1 Å². The molecule has 5 nitrogen and oxygen atoms in total. The molecule has 0 radical (unpaired) electrons. The molecule has 0 bridgehead atoms. The summed E-state index contributed by atoms with van der Waals surface area (Å²) in [5, 5.41) is 14.9. The number of benzene rings is 1. The fourth-order valence-corrected chi connectivity index (χ4v) is 1.79. The lowest BCUT2D eigenvalue weighted by Gasteiger charge is -2.02. The number of halogens is 1. The van der Waals surface area contributed by atoms with E-state index in [2.05, 4.69) is 5.10 Å². The van der Waals surface area contributed by atoms with Gasteiger partial charge in [-0.2, -0.15) is 5.10 Å². The van der Waals surface area contributed by atoms with Gasteiger partial charge < -0.3 is 14.5 Å². The van der Waals surface area contributed by atoms with E-state index in [9.17, 15) is 4.79 Å². The topological polar surface area (TPSA) is 66.0 Å². The first-order valence-electron chi connectivity index (χ1n) is 5.81. The van der Waals surface area contributed by atoms with Gasteiger partial charge >= 0.3 is 5.97 Å². The molecular weight excluding hydrogens is 280 g/mol. The molecule has 6 heteroatoms. The van der Waals surface area contributed by atoms with E-state index in [1.165, 1.54) is 12.1 Å². The number of hydrazone groups is 1. The molecule has 2 rings (SSSR count). The summed E-state index contributed by atoms with van der Waals surface area (Å²) in [6.45, 7) is 0. The van der Waals surface area contributed by atoms with Crippen LogP contribution in [0.1, 0.15) is 16.1 Å². The number of furan rings is 1. The molecule has 0 spiro atoms. The van der Waals surface area contributed by atoms with Gasteiger partial charge in [0.15, 0.2) is 0 Å². The van der Waals surface area contributed by atoms with E-state index in [4.69, 9.17) is 21.1 Å². The van der Waals surface area contributed by atoms with E-state index in [1.807, 2.05) is 0 Å². The Hall–Kier alpha value is -2.27. The molecule has 0 saturated carbocycles. The van der Waals surface area contributed by atoms with Crippen molar-refractivity contribution in [1.82, 2.24) is 5.01 Å². The zero-order valence-electron chi connectivity index (χ0n) is 11.0. The average Bonchev–Trinajstić information content (AvgIpc) is 2.85. The van der Waals surface area contributed by atoms with Crippen LogP contribution in [0.15, 0.2) is 39.9 Å². The second-order valence-corrected chi connectivity index (χ2v) is 4.70. The van der Waals surface area contributed by atoms with Crippen molar-refractivity contribution >= 4 is 23.8 Å². The predicted molar refractivity (Wildman–Crippen MR) is 77.4 cm³/mol. The van der Waals surface area contributed by atoms with Crippen molar-refractivity contribution in [3.05, 3.63) is 46.7 Å². The lowest BCUT2D eigenvalue weighted by molar-refractivity contribution is 0.0697. The summed E-state index contributed by atoms with van der Waals surface area (Å²) in [6.07, 6.45) is 1.58. The Labute approximate surface area is 121 Å². The number of aromatic carboxylic acids is 1. The number of hydrogen-bond donors (Lipinski definition) is 1. The van der Waals surface area contributed by atoms with Crippen molar-refractivity contribution in [3.8, 4) is 11.3 Å². The molecule has 104 valence electrons. The van der Waals surface area contributed by atoms with Gasteiger partial charge in [-0.15, -0.1) is 0 Å². The molecule has 0 saturated heterocycles. The molecule has 1 N–H and O–H groups in total. The maximum atomic E-state index is 11.0. The summed E-state index contributed by atoms with van der Waals surface area (Å²) in [5.74, 6) is 0.0719. The van der Waals surface area contributed by atoms with E-state index in [-0.39, 0.29) is 10.6 Å². The number of nitrogens with zero attached hydrogens (tertiary/aromatic N) is 2. The van der Waals surface area contributed by atoms with E-state index in [0.717, 1.165) is 0 Å². The Bertz CT molecular complexity index is 662. The first kappa shape index (κ1) is 14.1. The minimum Gasteiger partial charge on any atom is -0.478 e. The predicted octanol–water partition coefficient (Wildman–Crippen LogP) is 3.19. The van der Waals surface area contributed by atoms with Gasteiger partial charge in [0.2, 0.25) is 0 Å². The van der Waals surface area contributed by atoms with Crippen LogP contribution in [0.2, 0.25) is 5.02 Å². The molecule has 0 unspecified atom stereocenters. The first-order valence-corrected chi connectivity index (χ1v) is 6.19. The lowest BCUT2D eigenvalue weighted by atomic mass is 10.1. The fraction of sp³-hybridized carbons (Fsp3) is 0.143. The van der Waals surface area contributed by atoms with Crippen LogP contribution >= 0.6 is 11.6 Å². The van der Waals surface area contributed by atoms with Crippen molar-refractivity contribution in [3.63, 3.8) is 0 Å². The van der Waals surface area contributed by atoms with Gasteiger partial charge in [0, 0.05) is 19.7 Å². The van der Waals surface area contributed by atoms with Crippen LogP contribution in [-0.4, -0.2) is 36.4 Å². The number of carbonyl (C=O) groups is 1. The van der Waals surface area contributed by atoms with Crippen LogP contribution in [-0.2, 0) is 0 Å². The zero-order chi connectivity index (χ0) is 14.7. The van der Waals surface area contributed by atoms with Crippen LogP contribution in [0.25, 0.3) is 11.3 Å². The third-order valence-electron chi connectivity index (χ3n) is 2.52. The van der Waals surface area contributed by atoms with Crippen molar-refractivity contribution in [1.29, 1.82) is 0 Å². The molecule has 20 heavy (non-hydrogen) atoms. The molecule has 2 aromatic rings. The largest absolute Gasteiger partial charge is 0.478 e. The van der Waals surface area contributed by atoms with Crippen LogP contribution in [0.4, 0.5) is 0 Å². The molecular formula is C14H13ClN2O3. The smallest absolute Gasteiger partial charge is 0.337 e. The van der Waals surface area contributed by atoms with Crippen LogP contribution in [0.3, 0.4) is 0 Å². The van der Waals surface area contributed by atoms with Gasteiger partial charge in [0.05, 0.1) is 16.8 Å². The quantitative estimate of drug-likeness (QED) is 0.694. The Morgan fingerprint density at radius 2 is 2.10 bits per heavy atom. The molecule has 0 aliphatic carbocycles. The number of carboxylic acids is 1. The van der Waals surface area contributed by atoms with Gasteiger partial charge in [-0.25, -0.2) is 4.79 Å². The van der Waals surface area contributed by atoms with E-state index in [0.29, 0.717) is 17.1 Å². The van der Waals surface area contributed by atoms with Gasteiger partial charge in [0.25, 0.3) is 0 Å². The summed E-state index contributed by atoms with van der Waals surface area (Å²) in [6, 6.07) is 8.25. The highest BCUT2D eigenvalue weighted by atomic mass is 35.5. The summed E-state index contributed by atoms with van der Waals surface area (Å²) >= 11 is 5.83. The SMILES string of the molecule is CN(C)/N=C/c1ccc(-c2ccc(Cl)c(C(=O)O)c2)o1. The minimum absolute atomic E-state index is 0.0454. The average molecular weight is 293 g/mol. The molecule has 0 aliphatic heterocycles. The fourth-order valence-electron chi connectivity index (χ4n) is 1.59. The standard InChI is InChI=1S/C14H13ClN2O3/c1-17(2)16-8-10-4-6-13(20-10)9-3-5-12(15)11(7-9)14(18)19/h3-8H,1-2H3,(H,18,19)/b16-8+. The molecule has 1 aromatic heterocycles. The monoisotopic (exact) mass is 292 g/mol. The van der Waals surface area contributed by atoms with Crippen molar-refractivity contribution in [2.24, 2.45) is 5.10 Å². The summed E-state index contributed by atoms with van der Waals surface area (Å²) in [4.78, 5) is 11.0. The maximum absolute atomic E-state index is 11.0. The Morgan fingerprint density at radius 1 is 1.35 bits per heavy atom. The first-order chi connectivity index (χ1) is 9.47. The normalized spacial score (nSPS) is 10.9. The molecule has 1 heterocycles. The molecule has 0 amide bonds. The Balaban J connectivity index is 2.33. The Kier molecular flexibility index (Phi) is 4.10. The van der Waals surface area contributed by atoms with Gasteiger partial charge in [-0.1, -0.05) is 11.6 Å². The van der Waals surface area contributed by atoms with Crippen LogP contribution < -0.4 is 0 Å². The highest BCUT2D eigenvalue weighted by Gasteiger charge is 2.12. The summed E-state index contributed by atoms with van der Waals surface area (Å²) in [7, 11) is 3.61. The third-order valence-corrected chi connectivity index (χ3v) is 2.85. The van der Waals surface area contributed by atoms with E-state index in [1.54, 1.807) is 43.5 Å². The lowest BCUT2D eigenvalue weighted by Crippen LogP contribution is -2.01. The third kappa shape index (κ3) is 3.19. The van der Waals surface area contributed by atoms with Gasteiger partial charge in [0.1, 0.15) is 11.5 Å². The highest BCUT2D eigenvalue weighted by Crippen LogP contribution is 2.26. The summed E-state index contributed by atoms with van der Waals surface area (Å²) < 4.78 is 5.58. The molecule has 0 atom stereocenters. The highest BCUT2D eigenvalue weighted by molar-refractivity contribution is 6.33. The molecule has 0 aliphatic rings. The summed E-state index contributed by atoms with van der Waals surface area (Å²) in [5.41, 5.74) is 0.695. The molecule has 0 fully saturated rings. The number of hydrogen-bond acceptors (Lipinski definition) is 4. The number of carboxylic acid groups (broad SMARTS) is 1. The van der Waals surface area contributed by atoms with E-state index >= 15 is 0 Å². The second kappa shape index (κ2) is 5.79. The van der Waals surface area contributed by atoms with Gasteiger partial charge in [-0.3, -0.25) is 0 Å².